The number of nitrogens with zero attached hydrogens (tertiary/aromatic N) is 2. The van der Waals surface area contributed by atoms with Gasteiger partial charge in [-0.25, -0.2) is 0 Å². The van der Waals surface area contributed by atoms with Crippen LogP contribution in [0, 0.1) is 0 Å². The van der Waals surface area contributed by atoms with Crippen molar-refractivity contribution in [3.05, 3.63) is 47.1 Å². The molecular formula is C17H19F3N2O2. The molecule has 3 rings (SSSR count). The molecule has 1 heterocycles. The van der Waals surface area contributed by atoms with Gasteiger partial charge in [-0.15, -0.1) is 0 Å². The van der Waals surface area contributed by atoms with Crippen LogP contribution in [0.2, 0.25) is 0 Å². The third-order valence-electron chi connectivity index (χ3n) is 4.74. The topological polar surface area (TPSA) is 48.2 Å². The number of halogens is 3. The van der Waals surface area contributed by atoms with E-state index in [4.69, 9.17) is 9.26 Å². The van der Waals surface area contributed by atoms with E-state index >= 15 is 0 Å². The molecule has 1 unspecified atom stereocenters. The summed E-state index contributed by atoms with van der Waals surface area (Å²) in [5.41, 5.74) is -0.711. The summed E-state index contributed by atoms with van der Waals surface area (Å²) in [5, 5.41) is 3.97. The van der Waals surface area contributed by atoms with Crippen LogP contribution in [0.4, 0.5) is 13.2 Å². The molecule has 24 heavy (non-hydrogen) atoms. The van der Waals surface area contributed by atoms with Crippen LogP contribution in [0.25, 0.3) is 0 Å². The van der Waals surface area contributed by atoms with Gasteiger partial charge in [-0.1, -0.05) is 36.7 Å². The average molecular weight is 340 g/mol. The van der Waals surface area contributed by atoms with E-state index < -0.39 is 17.2 Å². The van der Waals surface area contributed by atoms with Gasteiger partial charge in [0.2, 0.25) is 11.7 Å². The number of methoxy groups -OCH3 is 1. The van der Waals surface area contributed by atoms with Gasteiger partial charge >= 0.3 is 6.18 Å². The Labute approximate surface area is 138 Å². The summed E-state index contributed by atoms with van der Waals surface area (Å²) in [6.45, 7) is 1.94. The van der Waals surface area contributed by atoms with Crippen molar-refractivity contribution in [3.8, 4) is 0 Å². The number of ether oxygens (including phenoxy) is 1. The van der Waals surface area contributed by atoms with Gasteiger partial charge in [-0.2, -0.15) is 18.2 Å². The van der Waals surface area contributed by atoms with Crippen LogP contribution >= 0.6 is 0 Å². The lowest BCUT2D eigenvalue weighted by atomic mass is 9.64. The van der Waals surface area contributed by atoms with Crippen LogP contribution in [0.5, 0.6) is 0 Å². The predicted octanol–water partition coefficient (Wildman–Crippen LogP) is 4.66. The monoisotopic (exact) mass is 340 g/mol. The van der Waals surface area contributed by atoms with Gasteiger partial charge in [-0.05, 0) is 30.9 Å². The first-order valence-electron chi connectivity index (χ1n) is 7.95. The van der Waals surface area contributed by atoms with Crippen molar-refractivity contribution >= 4 is 0 Å². The molecule has 1 aromatic heterocycles. The standard InChI is InChI=1S/C17H19F3N2O2/c1-3-13(23-2)14-21-15(24-22-14)16(8-5-9-16)11-6-4-7-12(10-11)17(18,19)20/h4,6-7,10,13H,3,5,8-9H2,1-2H3. The molecule has 4 nitrogen and oxygen atoms in total. The Morgan fingerprint density at radius 3 is 2.62 bits per heavy atom. The number of rotatable bonds is 5. The highest BCUT2D eigenvalue weighted by molar-refractivity contribution is 5.38. The first-order valence-corrected chi connectivity index (χ1v) is 7.95. The molecule has 0 saturated heterocycles. The first kappa shape index (κ1) is 17.0. The van der Waals surface area contributed by atoms with Crippen LogP contribution in [0.15, 0.2) is 28.8 Å². The van der Waals surface area contributed by atoms with Gasteiger partial charge in [0, 0.05) is 7.11 Å². The first-order chi connectivity index (χ1) is 11.4. The minimum atomic E-state index is -4.37. The van der Waals surface area contributed by atoms with Crippen molar-refractivity contribution in [1.29, 1.82) is 0 Å². The predicted molar refractivity (Wildman–Crippen MR) is 80.4 cm³/mol. The Morgan fingerprint density at radius 1 is 1.33 bits per heavy atom. The van der Waals surface area contributed by atoms with Crippen LogP contribution in [-0.4, -0.2) is 17.3 Å². The van der Waals surface area contributed by atoms with Gasteiger partial charge in [0.15, 0.2) is 0 Å². The van der Waals surface area contributed by atoms with E-state index in [0.29, 0.717) is 36.5 Å². The molecule has 1 saturated carbocycles. The fourth-order valence-electron chi connectivity index (χ4n) is 3.16. The number of alkyl halides is 3. The van der Waals surface area contributed by atoms with Gasteiger partial charge in [0.1, 0.15) is 6.10 Å². The van der Waals surface area contributed by atoms with Gasteiger partial charge in [-0.3, -0.25) is 0 Å². The Hall–Kier alpha value is -1.89. The molecule has 1 atom stereocenters. The summed E-state index contributed by atoms with van der Waals surface area (Å²) in [7, 11) is 1.57. The molecule has 130 valence electrons. The highest BCUT2D eigenvalue weighted by atomic mass is 19.4. The minimum absolute atomic E-state index is 0.277. The summed E-state index contributed by atoms with van der Waals surface area (Å²) in [6, 6.07) is 5.40. The molecule has 0 bridgehead atoms. The number of aromatic nitrogens is 2. The Kier molecular flexibility index (Phi) is 4.38. The summed E-state index contributed by atoms with van der Waals surface area (Å²) >= 11 is 0. The normalized spacial score (nSPS) is 18.2. The molecule has 0 amide bonds. The molecule has 1 aliphatic carbocycles. The molecule has 0 N–H and O–H groups in total. The zero-order valence-electron chi connectivity index (χ0n) is 13.6. The van der Waals surface area contributed by atoms with Crippen LogP contribution in [0.3, 0.4) is 0 Å². The van der Waals surface area contributed by atoms with Gasteiger partial charge in [0.05, 0.1) is 11.0 Å². The second kappa shape index (κ2) is 6.20. The zero-order chi connectivity index (χ0) is 17.4. The fourth-order valence-corrected chi connectivity index (χ4v) is 3.16. The minimum Gasteiger partial charge on any atom is -0.373 e. The third kappa shape index (κ3) is 2.81. The van der Waals surface area contributed by atoms with E-state index in [0.717, 1.165) is 12.5 Å². The van der Waals surface area contributed by atoms with E-state index in [1.165, 1.54) is 12.1 Å². The van der Waals surface area contributed by atoms with Gasteiger partial charge < -0.3 is 9.26 Å². The van der Waals surface area contributed by atoms with E-state index in [-0.39, 0.29) is 6.10 Å². The molecule has 0 spiro atoms. The van der Waals surface area contributed by atoms with Crippen LogP contribution < -0.4 is 0 Å². The summed E-state index contributed by atoms with van der Waals surface area (Å²) in [4.78, 5) is 4.43. The second-order valence-corrected chi connectivity index (χ2v) is 6.10. The highest BCUT2D eigenvalue weighted by Crippen LogP contribution is 2.49. The molecule has 1 aromatic carbocycles. The van der Waals surface area contributed by atoms with E-state index in [1.807, 2.05) is 6.92 Å². The zero-order valence-corrected chi connectivity index (χ0v) is 13.6. The molecular weight excluding hydrogens is 321 g/mol. The van der Waals surface area contributed by atoms with Crippen molar-refractivity contribution < 1.29 is 22.4 Å². The maximum Gasteiger partial charge on any atom is 0.416 e. The van der Waals surface area contributed by atoms with E-state index in [2.05, 4.69) is 10.1 Å². The SMILES string of the molecule is CCC(OC)c1noc(C2(c3cccc(C(F)(F)F)c3)CCC2)n1. The van der Waals surface area contributed by atoms with Crippen molar-refractivity contribution in [1.82, 2.24) is 10.1 Å². The molecule has 0 radical (unpaired) electrons. The smallest absolute Gasteiger partial charge is 0.373 e. The maximum atomic E-state index is 13.0. The lowest BCUT2D eigenvalue weighted by Gasteiger charge is -2.39. The van der Waals surface area contributed by atoms with Gasteiger partial charge in [0.25, 0.3) is 0 Å². The number of hydrogen-bond acceptors (Lipinski definition) is 4. The second-order valence-electron chi connectivity index (χ2n) is 6.10. The lowest BCUT2D eigenvalue weighted by Crippen LogP contribution is -2.36. The third-order valence-corrected chi connectivity index (χ3v) is 4.74. The Morgan fingerprint density at radius 2 is 2.08 bits per heavy atom. The average Bonchev–Trinajstić information content (AvgIpc) is 2.97. The number of hydrogen-bond donors (Lipinski definition) is 0. The quantitative estimate of drug-likeness (QED) is 0.794. The largest absolute Gasteiger partial charge is 0.416 e. The summed E-state index contributed by atoms with van der Waals surface area (Å²) < 4.78 is 49.8. The van der Waals surface area contributed by atoms with Crippen LogP contribution in [0.1, 0.15) is 61.6 Å². The molecule has 1 fully saturated rings. The summed E-state index contributed by atoms with van der Waals surface area (Å²) in [6.07, 6.45) is -1.66. The Balaban J connectivity index is 1.99. The van der Waals surface area contributed by atoms with Crippen molar-refractivity contribution in [2.75, 3.05) is 7.11 Å². The van der Waals surface area contributed by atoms with E-state index in [1.54, 1.807) is 13.2 Å². The fraction of sp³-hybridized carbons (Fsp3) is 0.529. The number of benzene rings is 1. The molecule has 2 aromatic rings. The highest BCUT2D eigenvalue weighted by Gasteiger charge is 2.46. The molecule has 1 aliphatic rings. The molecule has 7 heteroatoms. The molecule has 0 aliphatic heterocycles. The van der Waals surface area contributed by atoms with E-state index in [9.17, 15) is 13.2 Å². The Bertz CT molecular complexity index is 704. The van der Waals surface area contributed by atoms with Crippen molar-refractivity contribution in [2.45, 2.75) is 50.3 Å². The van der Waals surface area contributed by atoms with Crippen molar-refractivity contribution in [3.63, 3.8) is 0 Å². The summed E-state index contributed by atoms with van der Waals surface area (Å²) in [5.74, 6) is 0.812. The van der Waals surface area contributed by atoms with Crippen molar-refractivity contribution in [2.24, 2.45) is 0 Å². The lowest BCUT2D eigenvalue weighted by molar-refractivity contribution is -0.137. The maximum absolute atomic E-state index is 13.0. The van der Waals surface area contributed by atoms with Crippen LogP contribution in [-0.2, 0) is 16.3 Å².